The molecule has 0 rings (SSSR count). The van der Waals surface area contributed by atoms with Gasteiger partial charge in [-0.2, -0.15) is 0 Å². The van der Waals surface area contributed by atoms with Gasteiger partial charge in [-0.3, -0.25) is 4.79 Å². The van der Waals surface area contributed by atoms with Gasteiger partial charge >= 0.3 is 0 Å². The van der Waals surface area contributed by atoms with Crippen LogP contribution in [-0.4, -0.2) is 6.29 Å². The Labute approximate surface area is 75.2 Å². The third-order valence-corrected chi connectivity index (χ3v) is 1.74. The van der Waals surface area contributed by atoms with Crippen molar-refractivity contribution in [3.05, 3.63) is 23.3 Å². The molecule has 0 saturated heterocycles. The number of carbonyl (C=O) groups excluding carboxylic acids is 1. The summed E-state index contributed by atoms with van der Waals surface area (Å²) in [6.45, 7) is 6.09. The normalized spacial score (nSPS) is 11.1. The summed E-state index contributed by atoms with van der Waals surface area (Å²) in [6, 6.07) is 0. The van der Waals surface area contributed by atoms with Gasteiger partial charge in [0.2, 0.25) is 0 Å². The molecule has 0 amide bonds. The third kappa shape index (κ3) is 5.90. The van der Waals surface area contributed by atoms with Crippen molar-refractivity contribution in [1.29, 1.82) is 0 Å². The van der Waals surface area contributed by atoms with Crippen molar-refractivity contribution in [3.63, 3.8) is 0 Å². The lowest BCUT2D eigenvalue weighted by molar-refractivity contribution is -0.105. The number of unbranched alkanes of at least 4 members (excludes halogenated alkanes) is 1. The fourth-order valence-electron chi connectivity index (χ4n) is 0.968. The highest BCUT2D eigenvalue weighted by Gasteiger charge is 1.91. The topological polar surface area (TPSA) is 17.1 Å². The molecule has 0 aliphatic carbocycles. The second-order valence-electron chi connectivity index (χ2n) is 3.16. The number of hydrogen-bond acceptors (Lipinski definition) is 1. The van der Waals surface area contributed by atoms with E-state index in [0.29, 0.717) is 0 Å². The Bertz CT molecular complexity index is 183. The van der Waals surface area contributed by atoms with Crippen LogP contribution in [0.1, 0.15) is 40.0 Å². The fourth-order valence-corrected chi connectivity index (χ4v) is 0.968. The lowest BCUT2D eigenvalue weighted by Crippen LogP contribution is -1.84. The first-order valence-corrected chi connectivity index (χ1v) is 4.44. The molecule has 1 nitrogen and oxygen atoms in total. The Kier molecular flexibility index (Phi) is 6.35. The molecule has 0 fully saturated rings. The molecule has 0 spiro atoms. The first kappa shape index (κ1) is 11.2. The molecule has 0 aliphatic rings. The molecule has 0 N–H and O–H groups in total. The summed E-state index contributed by atoms with van der Waals surface area (Å²) in [5.74, 6) is 0. The highest BCUT2D eigenvalue weighted by Crippen LogP contribution is 2.06. The lowest BCUT2D eigenvalue weighted by Gasteiger charge is -1.96. The number of rotatable bonds is 5. The van der Waals surface area contributed by atoms with E-state index in [1.165, 1.54) is 5.57 Å². The van der Waals surface area contributed by atoms with E-state index >= 15 is 0 Å². The van der Waals surface area contributed by atoms with E-state index in [1.807, 2.05) is 13.0 Å². The second-order valence-corrected chi connectivity index (χ2v) is 3.16. The zero-order valence-corrected chi connectivity index (χ0v) is 8.26. The Balaban J connectivity index is 3.56. The maximum atomic E-state index is 10.4. The number of hydrogen-bond donors (Lipinski definition) is 0. The van der Waals surface area contributed by atoms with Crippen molar-refractivity contribution in [2.45, 2.75) is 40.0 Å². The highest BCUT2D eigenvalue weighted by atomic mass is 16.1. The first-order valence-electron chi connectivity index (χ1n) is 4.44. The Morgan fingerprint density at radius 2 is 2.00 bits per heavy atom. The third-order valence-electron chi connectivity index (χ3n) is 1.74. The average Bonchev–Trinajstić information content (AvgIpc) is 2.04. The summed E-state index contributed by atoms with van der Waals surface area (Å²) in [6.07, 6.45) is 8.09. The predicted molar refractivity (Wildman–Crippen MR) is 53.1 cm³/mol. The predicted octanol–water partition coefficient (Wildman–Crippen LogP) is 3.27. The highest BCUT2D eigenvalue weighted by molar-refractivity contribution is 5.72. The van der Waals surface area contributed by atoms with Gasteiger partial charge in [0.15, 0.2) is 0 Å². The van der Waals surface area contributed by atoms with E-state index in [9.17, 15) is 4.79 Å². The molecular weight excluding hydrogens is 148 g/mol. The van der Waals surface area contributed by atoms with Gasteiger partial charge in [-0.1, -0.05) is 17.7 Å². The molecule has 0 unspecified atom stereocenters. The van der Waals surface area contributed by atoms with Gasteiger partial charge < -0.3 is 0 Å². The standard InChI is InChI=1S/C11H18O/c1-4-11(9-12)8-6-5-7-10(2)3/h4,7,9H,5-6,8H2,1-3H3. The molecule has 0 aromatic heterocycles. The Morgan fingerprint density at radius 1 is 1.33 bits per heavy atom. The van der Waals surface area contributed by atoms with Gasteiger partial charge in [0.05, 0.1) is 0 Å². The van der Waals surface area contributed by atoms with Crippen molar-refractivity contribution in [3.8, 4) is 0 Å². The molecule has 0 aromatic rings. The lowest BCUT2D eigenvalue weighted by atomic mass is 10.1. The van der Waals surface area contributed by atoms with Gasteiger partial charge in [-0.15, -0.1) is 0 Å². The molecule has 0 heterocycles. The summed E-state index contributed by atoms with van der Waals surface area (Å²) < 4.78 is 0. The zero-order chi connectivity index (χ0) is 9.40. The van der Waals surface area contributed by atoms with E-state index in [0.717, 1.165) is 31.1 Å². The average molecular weight is 166 g/mol. The van der Waals surface area contributed by atoms with Gasteiger partial charge in [-0.25, -0.2) is 0 Å². The minimum Gasteiger partial charge on any atom is -0.298 e. The van der Waals surface area contributed by atoms with E-state index in [-0.39, 0.29) is 0 Å². The summed E-state index contributed by atoms with van der Waals surface area (Å²) in [5.41, 5.74) is 2.26. The van der Waals surface area contributed by atoms with Crippen LogP contribution in [-0.2, 0) is 4.79 Å². The maximum absolute atomic E-state index is 10.4. The molecule has 1 heteroatoms. The van der Waals surface area contributed by atoms with Gasteiger partial charge in [0.25, 0.3) is 0 Å². The first-order chi connectivity index (χ1) is 5.70. The van der Waals surface area contributed by atoms with Crippen LogP contribution in [0, 0.1) is 0 Å². The molecule has 12 heavy (non-hydrogen) atoms. The largest absolute Gasteiger partial charge is 0.298 e. The van der Waals surface area contributed by atoms with Gasteiger partial charge in [0.1, 0.15) is 6.29 Å². The Morgan fingerprint density at radius 3 is 2.42 bits per heavy atom. The van der Waals surface area contributed by atoms with Gasteiger partial charge in [0, 0.05) is 0 Å². The molecule has 0 saturated carbocycles. The van der Waals surface area contributed by atoms with Crippen molar-refractivity contribution in [2.24, 2.45) is 0 Å². The van der Waals surface area contributed by atoms with Crippen LogP contribution < -0.4 is 0 Å². The number of aldehydes is 1. The Hall–Kier alpha value is -0.850. The number of allylic oxidation sites excluding steroid dienone is 4. The molecule has 0 bridgehead atoms. The van der Waals surface area contributed by atoms with Crippen LogP contribution in [0.4, 0.5) is 0 Å². The smallest absolute Gasteiger partial charge is 0.145 e. The fraction of sp³-hybridized carbons (Fsp3) is 0.545. The molecule has 0 atom stereocenters. The van der Waals surface area contributed by atoms with Crippen molar-refractivity contribution < 1.29 is 4.79 Å². The molecular formula is C11H18O. The monoisotopic (exact) mass is 166 g/mol. The van der Waals surface area contributed by atoms with Crippen molar-refractivity contribution >= 4 is 6.29 Å². The number of carbonyl (C=O) groups is 1. The van der Waals surface area contributed by atoms with E-state index in [4.69, 9.17) is 0 Å². The van der Waals surface area contributed by atoms with Crippen molar-refractivity contribution in [2.75, 3.05) is 0 Å². The van der Waals surface area contributed by atoms with Crippen LogP contribution in [0.3, 0.4) is 0 Å². The van der Waals surface area contributed by atoms with Gasteiger partial charge in [-0.05, 0) is 45.6 Å². The molecule has 0 aliphatic heterocycles. The minimum atomic E-state index is 0.907. The van der Waals surface area contributed by atoms with E-state index in [1.54, 1.807) is 0 Å². The molecule has 0 aromatic carbocycles. The molecule has 68 valence electrons. The van der Waals surface area contributed by atoms with Crippen LogP contribution >= 0.6 is 0 Å². The summed E-state index contributed by atoms with van der Waals surface area (Å²) in [5, 5.41) is 0. The SMILES string of the molecule is CC=C(C=O)CCCC=C(C)C. The van der Waals surface area contributed by atoms with Crippen LogP contribution in [0.15, 0.2) is 23.3 Å². The van der Waals surface area contributed by atoms with Crippen LogP contribution in [0.25, 0.3) is 0 Å². The van der Waals surface area contributed by atoms with E-state index in [2.05, 4.69) is 19.9 Å². The second kappa shape index (κ2) is 6.84. The van der Waals surface area contributed by atoms with Crippen LogP contribution in [0.5, 0.6) is 0 Å². The summed E-state index contributed by atoms with van der Waals surface area (Å²) in [4.78, 5) is 10.4. The van der Waals surface area contributed by atoms with Crippen molar-refractivity contribution in [1.82, 2.24) is 0 Å². The van der Waals surface area contributed by atoms with E-state index < -0.39 is 0 Å². The summed E-state index contributed by atoms with van der Waals surface area (Å²) >= 11 is 0. The molecule has 0 radical (unpaired) electrons. The maximum Gasteiger partial charge on any atom is 0.145 e. The zero-order valence-electron chi connectivity index (χ0n) is 8.26. The minimum absolute atomic E-state index is 0.907. The van der Waals surface area contributed by atoms with Crippen LogP contribution in [0.2, 0.25) is 0 Å². The summed E-state index contributed by atoms with van der Waals surface area (Å²) in [7, 11) is 0. The quantitative estimate of drug-likeness (QED) is 0.265.